The van der Waals surface area contributed by atoms with Gasteiger partial charge in [0.15, 0.2) is 0 Å². The number of methoxy groups -OCH3 is 2. The van der Waals surface area contributed by atoms with Gasteiger partial charge in [-0.1, -0.05) is 30.3 Å². The fourth-order valence-electron chi connectivity index (χ4n) is 1.89. The Bertz CT molecular complexity index is 651. The van der Waals surface area contributed by atoms with E-state index in [0.29, 0.717) is 10.6 Å². The zero-order chi connectivity index (χ0) is 15.9. The van der Waals surface area contributed by atoms with Gasteiger partial charge in [-0.25, -0.2) is 0 Å². The molecule has 0 atom stereocenters. The molecule has 116 valence electrons. The first-order valence-electron chi connectivity index (χ1n) is 6.74. The number of esters is 1. The van der Waals surface area contributed by atoms with Gasteiger partial charge in [0.25, 0.3) is 5.91 Å². The third-order valence-electron chi connectivity index (χ3n) is 3.02. The van der Waals surface area contributed by atoms with Crippen molar-refractivity contribution in [2.75, 3.05) is 20.8 Å². The van der Waals surface area contributed by atoms with E-state index in [-0.39, 0.29) is 24.8 Å². The summed E-state index contributed by atoms with van der Waals surface area (Å²) in [6, 6.07) is 11.6. The quantitative estimate of drug-likeness (QED) is 0.832. The molecular formula is C16H17NO4S. The number of hydrogen-bond donors (Lipinski definition) is 1. The van der Waals surface area contributed by atoms with Gasteiger partial charge in [-0.15, -0.1) is 11.3 Å². The van der Waals surface area contributed by atoms with Crippen molar-refractivity contribution in [3.05, 3.63) is 41.3 Å². The highest BCUT2D eigenvalue weighted by Crippen LogP contribution is 2.36. The summed E-state index contributed by atoms with van der Waals surface area (Å²) >= 11 is 1.36. The van der Waals surface area contributed by atoms with E-state index in [1.165, 1.54) is 25.6 Å². The molecule has 22 heavy (non-hydrogen) atoms. The molecule has 5 nitrogen and oxygen atoms in total. The van der Waals surface area contributed by atoms with E-state index in [2.05, 4.69) is 10.1 Å². The number of carbonyl (C=O) groups excluding carboxylic acids is 2. The van der Waals surface area contributed by atoms with Crippen molar-refractivity contribution in [3.63, 3.8) is 0 Å². The van der Waals surface area contributed by atoms with Crippen LogP contribution in [0.15, 0.2) is 36.4 Å². The molecule has 1 N–H and O–H groups in total. The fraction of sp³-hybridized carbons (Fsp3) is 0.250. The highest BCUT2D eigenvalue weighted by atomic mass is 32.1. The molecule has 0 unspecified atom stereocenters. The van der Waals surface area contributed by atoms with E-state index < -0.39 is 0 Å². The number of hydrogen-bond acceptors (Lipinski definition) is 5. The number of nitrogens with one attached hydrogen (secondary N) is 1. The van der Waals surface area contributed by atoms with Crippen molar-refractivity contribution in [2.45, 2.75) is 6.42 Å². The lowest BCUT2D eigenvalue weighted by Gasteiger charge is -2.04. The first kappa shape index (κ1) is 16.0. The Kier molecular flexibility index (Phi) is 5.55. The molecule has 1 aromatic carbocycles. The molecule has 0 aliphatic heterocycles. The monoisotopic (exact) mass is 319 g/mol. The Labute approximate surface area is 132 Å². The third kappa shape index (κ3) is 3.85. The number of amides is 1. The number of ether oxygens (including phenoxy) is 2. The molecule has 0 radical (unpaired) electrons. The number of thiophene rings is 1. The van der Waals surface area contributed by atoms with Crippen molar-refractivity contribution in [1.82, 2.24) is 5.32 Å². The van der Waals surface area contributed by atoms with Crippen LogP contribution in [0, 0.1) is 0 Å². The molecule has 1 amide bonds. The van der Waals surface area contributed by atoms with Crippen molar-refractivity contribution < 1.29 is 19.1 Å². The van der Waals surface area contributed by atoms with Gasteiger partial charge in [0, 0.05) is 11.4 Å². The van der Waals surface area contributed by atoms with Crippen LogP contribution in [-0.2, 0) is 9.53 Å². The second kappa shape index (κ2) is 7.61. The molecule has 6 heteroatoms. The lowest BCUT2D eigenvalue weighted by atomic mass is 10.2. The first-order valence-corrected chi connectivity index (χ1v) is 7.55. The molecule has 0 saturated carbocycles. The molecule has 2 rings (SSSR count). The van der Waals surface area contributed by atoms with E-state index in [0.717, 1.165) is 10.4 Å². The summed E-state index contributed by atoms with van der Waals surface area (Å²) in [5.74, 6) is -0.0872. The zero-order valence-electron chi connectivity index (χ0n) is 12.4. The summed E-state index contributed by atoms with van der Waals surface area (Å²) in [7, 11) is 2.85. The average Bonchev–Trinajstić information content (AvgIpc) is 2.99. The van der Waals surface area contributed by atoms with Crippen molar-refractivity contribution in [3.8, 4) is 16.2 Å². The van der Waals surface area contributed by atoms with Crippen LogP contribution in [0.25, 0.3) is 10.4 Å². The van der Waals surface area contributed by atoms with Crippen LogP contribution in [0.1, 0.15) is 16.1 Å². The van der Waals surface area contributed by atoms with Gasteiger partial charge in [-0.2, -0.15) is 0 Å². The Balaban J connectivity index is 2.11. The topological polar surface area (TPSA) is 64.6 Å². The lowest BCUT2D eigenvalue weighted by Crippen LogP contribution is -2.25. The van der Waals surface area contributed by atoms with Crippen LogP contribution in [0.2, 0.25) is 0 Å². The second-order valence-electron chi connectivity index (χ2n) is 4.46. The Morgan fingerprint density at radius 3 is 2.55 bits per heavy atom. The molecule has 1 heterocycles. The summed E-state index contributed by atoms with van der Waals surface area (Å²) in [4.78, 5) is 24.7. The van der Waals surface area contributed by atoms with E-state index in [1.807, 2.05) is 36.4 Å². The maximum absolute atomic E-state index is 12.2. The minimum atomic E-state index is -0.358. The van der Waals surface area contributed by atoms with Crippen LogP contribution in [0.3, 0.4) is 0 Å². The molecule has 0 saturated heterocycles. The first-order chi connectivity index (χ1) is 10.7. The summed E-state index contributed by atoms with van der Waals surface area (Å²) in [5.41, 5.74) is 1.03. The molecule has 0 fully saturated rings. The zero-order valence-corrected chi connectivity index (χ0v) is 13.2. The summed E-state index contributed by atoms with van der Waals surface area (Å²) < 4.78 is 9.81. The molecule has 0 aliphatic rings. The SMILES string of the molecule is COC(=O)CCNC(=O)c1sc(-c2ccccc2)cc1OC. The summed E-state index contributed by atoms with van der Waals surface area (Å²) in [5, 5.41) is 2.69. The smallest absolute Gasteiger partial charge is 0.307 e. The van der Waals surface area contributed by atoms with Crippen LogP contribution in [-0.4, -0.2) is 32.6 Å². The number of carbonyl (C=O) groups is 2. The van der Waals surface area contributed by atoms with Gasteiger partial charge in [-0.05, 0) is 11.6 Å². The van der Waals surface area contributed by atoms with E-state index >= 15 is 0 Å². The lowest BCUT2D eigenvalue weighted by molar-refractivity contribution is -0.140. The van der Waals surface area contributed by atoms with Gasteiger partial charge < -0.3 is 14.8 Å². The predicted molar refractivity (Wildman–Crippen MR) is 85.3 cm³/mol. The third-order valence-corrected chi connectivity index (χ3v) is 4.19. The summed E-state index contributed by atoms with van der Waals surface area (Å²) in [6.45, 7) is 0.229. The second-order valence-corrected chi connectivity index (χ2v) is 5.51. The molecular weight excluding hydrogens is 302 g/mol. The highest BCUT2D eigenvalue weighted by Gasteiger charge is 2.18. The minimum Gasteiger partial charge on any atom is -0.495 e. The molecule has 0 aliphatic carbocycles. The average molecular weight is 319 g/mol. The van der Waals surface area contributed by atoms with Gasteiger partial charge in [0.2, 0.25) is 0 Å². The van der Waals surface area contributed by atoms with Crippen LogP contribution < -0.4 is 10.1 Å². The predicted octanol–water partition coefficient (Wildman–Crippen LogP) is 2.72. The largest absolute Gasteiger partial charge is 0.495 e. The minimum absolute atomic E-state index is 0.140. The molecule has 2 aromatic rings. The van der Waals surface area contributed by atoms with Gasteiger partial charge in [0.05, 0.1) is 20.6 Å². The highest BCUT2D eigenvalue weighted by molar-refractivity contribution is 7.17. The van der Waals surface area contributed by atoms with Gasteiger partial charge in [-0.3, -0.25) is 9.59 Å². The van der Waals surface area contributed by atoms with E-state index in [4.69, 9.17) is 4.74 Å². The fourth-order valence-corrected chi connectivity index (χ4v) is 2.94. The van der Waals surface area contributed by atoms with Crippen LogP contribution in [0.5, 0.6) is 5.75 Å². The van der Waals surface area contributed by atoms with Gasteiger partial charge >= 0.3 is 5.97 Å². The number of rotatable bonds is 6. The normalized spacial score (nSPS) is 10.1. The van der Waals surface area contributed by atoms with Crippen molar-refractivity contribution in [2.24, 2.45) is 0 Å². The Hall–Kier alpha value is -2.34. The van der Waals surface area contributed by atoms with Crippen molar-refractivity contribution >= 4 is 23.2 Å². The Morgan fingerprint density at radius 1 is 1.18 bits per heavy atom. The maximum atomic E-state index is 12.2. The number of benzene rings is 1. The maximum Gasteiger partial charge on any atom is 0.307 e. The molecule has 0 spiro atoms. The Morgan fingerprint density at radius 2 is 1.91 bits per heavy atom. The standard InChI is InChI=1S/C16H17NO4S/c1-20-12-10-13(11-6-4-3-5-7-11)22-15(12)16(19)17-9-8-14(18)21-2/h3-7,10H,8-9H2,1-2H3,(H,17,19). The molecule has 1 aromatic heterocycles. The van der Waals surface area contributed by atoms with Crippen LogP contribution in [0.4, 0.5) is 0 Å². The van der Waals surface area contributed by atoms with E-state index in [9.17, 15) is 9.59 Å². The van der Waals surface area contributed by atoms with Crippen LogP contribution >= 0.6 is 11.3 Å². The molecule has 0 bridgehead atoms. The van der Waals surface area contributed by atoms with E-state index in [1.54, 1.807) is 0 Å². The summed E-state index contributed by atoms with van der Waals surface area (Å²) in [6.07, 6.45) is 0.140. The van der Waals surface area contributed by atoms with Gasteiger partial charge in [0.1, 0.15) is 10.6 Å². The van der Waals surface area contributed by atoms with Crippen molar-refractivity contribution in [1.29, 1.82) is 0 Å².